The van der Waals surface area contributed by atoms with Gasteiger partial charge in [-0.1, -0.05) is 12.1 Å². The fourth-order valence-electron chi connectivity index (χ4n) is 1.43. The molecule has 3 nitrogen and oxygen atoms in total. The van der Waals surface area contributed by atoms with Crippen molar-refractivity contribution in [2.24, 2.45) is 0 Å². The van der Waals surface area contributed by atoms with Crippen molar-refractivity contribution >= 4 is 0 Å². The van der Waals surface area contributed by atoms with Crippen LogP contribution in [0.1, 0.15) is 18.5 Å². The summed E-state index contributed by atoms with van der Waals surface area (Å²) in [6.45, 7) is 2.72. The highest BCUT2D eigenvalue weighted by Gasteiger charge is 2.08. The van der Waals surface area contributed by atoms with E-state index >= 15 is 0 Å². The van der Waals surface area contributed by atoms with Gasteiger partial charge in [0.05, 0.1) is 12.7 Å². The molecule has 0 aliphatic heterocycles. The molecule has 0 aliphatic carbocycles. The molecule has 0 radical (unpaired) electrons. The lowest BCUT2D eigenvalue weighted by atomic mass is 10.1. The molecular weight excluding hydrogens is 209 g/mol. The standard InChI is InChI=1S/C12H18FNO2/c1-9(14-7-12(15)8-16-2)10-3-5-11(13)6-4-10/h3-6,9,12,14-15H,7-8H2,1-2H3/t9-,12?/m1/s1. The maximum atomic E-state index is 12.7. The van der Waals surface area contributed by atoms with Gasteiger partial charge in [-0.2, -0.15) is 0 Å². The molecule has 0 saturated heterocycles. The predicted octanol–water partition coefficient (Wildman–Crippen LogP) is 1.48. The fraction of sp³-hybridized carbons (Fsp3) is 0.500. The molecule has 2 N–H and O–H groups in total. The largest absolute Gasteiger partial charge is 0.389 e. The first-order chi connectivity index (χ1) is 7.63. The quantitative estimate of drug-likeness (QED) is 0.773. The lowest BCUT2D eigenvalue weighted by Gasteiger charge is -2.17. The van der Waals surface area contributed by atoms with Gasteiger partial charge in [0.2, 0.25) is 0 Å². The van der Waals surface area contributed by atoms with Crippen LogP contribution in [0, 0.1) is 5.82 Å². The number of aliphatic hydroxyl groups excluding tert-OH is 1. The van der Waals surface area contributed by atoms with Crippen molar-refractivity contribution in [3.63, 3.8) is 0 Å². The Labute approximate surface area is 95.2 Å². The number of rotatable bonds is 6. The molecule has 16 heavy (non-hydrogen) atoms. The molecule has 0 bridgehead atoms. The number of hydrogen-bond donors (Lipinski definition) is 2. The Bertz CT molecular complexity index is 302. The van der Waals surface area contributed by atoms with Crippen molar-refractivity contribution in [2.45, 2.75) is 19.1 Å². The maximum absolute atomic E-state index is 12.7. The summed E-state index contributed by atoms with van der Waals surface area (Å²) in [6.07, 6.45) is -0.520. The van der Waals surface area contributed by atoms with Gasteiger partial charge in [0.1, 0.15) is 5.82 Å². The third kappa shape index (κ3) is 4.26. The Kier molecular flexibility index (Phi) is 5.38. The zero-order chi connectivity index (χ0) is 12.0. The number of methoxy groups -OCH3 is 1. The monoisotopic (exact) mass is 227 g/mol. The van der Waals surface area contributed by atoms with E-state index in [0.29, 0.717) is 13.2 Å². The molecule has 1 rings (SSSR count). The molecule has 4 heteroatoms. The lowest BCUT2D eigenvalue weighted by Crippen LogP contribution is -2.31. The number of ether oxygens (including phenoxy) is 1. The van der Waals surface area contributed by atoms with Crippen LogP contribution in [0.2, 0.25) is 0 Å². The van der Waals surface area contributed by atoms with E-state index in [2.05, 4.69) is 5.32 Å². The zero-order valence-electron chi connectivity index (χ0n) is 9.61. The van der Waals surface area contributed by atoms with Gasteiger partial charge in [0.15, 0.2) is 0 Å². The minimum Gasteiger partial charge on any atom is -0.389 e. The van der Waals surface area contributed by atoms with E-state index in [-0.39, 0.29) is 11.9 Å². The smallest absolute Gasteiger partial charge is 0.123 e. The summed E-state index contributed by atoms with van der Waals surface area (Å²) in [4.78, 5) is 0. The minimum atomic E-state index is -0.520. The molecular formula is C12H18FNO2. The first-order valence-electron chi connectivity index (χ1n) is 5.29. The molecule has 1 aromatic rings. The van der Waals surface area contributed by atoms with Crippen LogP contribution in [-0.2, 0) is 4.74 Å². The van der Waals surface area contributed by atoms with E-state index in [4.69, 9.17) is 4.74 Å². The van der Waals surface area contributed by atoms with E-state index < -0.39 is 6.10 Å². The van der Waals surface area contributed by atoms with E-state index in [9.17, 15) is 9.50 Å². The number of benzene rings is 1. The summed E-state index contributed by atoms with van der Waals surface area (Å²) in [5.41, 5.74) is 0.992. The van der Waals surface area contributed by atoms with Gasteiger partial charge in [-0.3, -0.25) is 0 Å². The second kappa shape index (κ2) is 6.58. The average molecular weight is 227 g/mol. The molecule has 90 valence electrons. The second-order valence-electron chi connectivity index (χ2n) is 3.79. The highest BCUT2D eigenvalue weighted by molar-refractivity contribution is 5.19. The Morgan fingerprint density at radius 1 is 1.38 bits per heavy atom. The van der Waals surface area contributed by atoms with Crippen LogP contribution in [0.4, 0.5) is 4.39 Å². The third-order valence-corrected chi connectivity index (χ3v) is 2.39. The number of hydrogen-bond acceptors (Lipinski definition) is 3. The lowest BCUT2D eigenvalue weighted by molar-refractivity contribution is 0.0630. The van der Waals surface area contributed by atoms with E-state index in [0.717, 1.165) is 5.56 Å². The van der Waals surface area contributed by atoms with Crippen molar-refractivity contribution in [1.29, 1.82) is 0 Å². The molecule has 1 aromatic carbocycles. The first-order valence-corrected chi connectivity index (χ1v) is 5.29. The summed E-state index contributed by atoms with van der Waals surface area (Å²) < 4.78 is 17.5. The number of nitrogens with one attached hydrogen (secondary N) is 1. The summed E-state index contributed by atoms with van der Waals surface area (Å²) in [5, 5.41) is 12.6. The topological polar surface area (TPSA) is 41.5 Å². The SMILES string of the molecule is COCC(O)CN[C@H](C)c1ccc(F)cc1. The van der Waals surface area contributed by atoms with Gasteiger partial charge in [-0.25, -0.2) is 4.39 Å². The van der Waals surface area contributed by atoms with Crippen LogP contribution in [0.25, 0.3) is 0 Å². The Balaban J connectivity index is 2.40. The normalized spacial score (nSPS) is 14.8. The Morgan fingerprint density at radius 2 is 2.00 bits per heavy atom. The molecule has 0 aromatic heterocycles. The Hall–Kier alpha value is -0.970. The molecule has 0 saturated carbocycles. The van der Waals surface area contributed by atoms with Crippen LogP contribution in [0.5, 0.6) is 0 Å². The van der Waals surface area contributed by atoms with Crippen LogP contribution in [0.3, 0.4) is 0 Å². The van der Waals surface area contributed by atoms with Crippen LogP contribution >= 0.6 is 0 Å². The molecule has 0 aliphatic rings. The third-order valence-electron chi connectivity index (χ3n) is 2.39. The second-order valence-corrected chi connectivity index (χ2v) is 3.79. The number of aliphatic hydroxyl groups is 1. The summed E-state index contributed by atoms with van der Waals surface area (Å²) >= 11 is 0. The van der Waals surface area contributed by atoms with Gasteiger partial charge in [-0.15, -0.1) is 0 Å². The molecule has 1 unspecified atom stereocenters. The van der Waals surface area contributed by atoms with E-state index in [1.165, 1.54) is 12.1 Å². The van der Waals surface area contributed by atoms with Crippen LogP contribution < -0.4 is 5.32 Å². The van der Waals surface area contributed by atoms with Gasteiger partial charge < -0.3 is 15.2 Å². The van der Waals surface area contributed by atoms with Crippen LogP contribution in [-0.4, -0.2) is 31.5 Å². The molecule has 2 atom stereocenters. The summed E-state index contributed by atoms with van der Waals surface area (Å²) in [7, 11) is 1.55. The zero-order valence-corrected chi connectivity index (χ0v) is 9.61. The first kappa shape index (κ1) is 13.1. The van der Waals surface area contributed by atoms with Crippen molar-refractivity contribution in [3.05, 3.63) is 35.6 Å². The maximum Gasteiger partial charge on any atom is 0.123 e. The highest BCUT2D eigenvalue weighted by Crippen LogP contribution is 2.12. The van der Waals surface area contributed by atoms with E-state index in [1.807, 2.05) is 6.92 Å². The van der Waals surface area contributed by atoms with Crippen molar-refractivity contribution in [2.75, 3.05) is 20.3 Å². The average Bonchev–Trinajstić information content (AvgIpc) is 2.27. The highest BCUT2D eigenvalue weighted by atomic mass is 19.1. The number of halogens is 1. The van der Waals surface area contributed by atoms with Crippen molar-refractivity contribution in [3.8, 4) is 0 Å². The minimum absolute atomic E-state index is 0.0760. The van der Waals surface area contributed by atoms with E-state index in [1.54, 1.807) is 19.2 Å². The van der Waals surface area contributed by atoms with Crippen LogP contribution in [0.15, 0.2) is 24.3 Å². The van der Waals surface area contributed by atoms with Gasteiger partial charge in [-0.05, 0) is 24.6 Å². The van der Waals surface area contributed by atoms with Gasteiger partial charge in [0, 0.05) is 19.7 Å². The van der Waals surface area contributed by atoms with Crippen molar-refractivity contribution in [1.82, 2.24) is 5.32 Å². The molecule has 0 amide bonds. The fourth-order valence-corrected chi connectivity index (χ4v) is 1.43. The Morgan fingerprint density at radius 3 is 2.56 bits per heavy atom. The van der Waals surface area contributed by atoms with Crippen molar-refractivity contribution < 1.29 is 14.2 Å². The van der Waals surface area contributed by atoms with Gasteiger partial charge in [0.25, 0.3) is 0 Å². The summed E-state index contributed by atoms with van der Waals surface area (Å²) in [6, 6.07) is 6.40. The summed E-state index contributed by atoms with van der Waals surface area (Å²) in [5.74, 6) is -0.240. The van der Waals surface area contributed by atoms with Gasteiger partial charge >= 0.3 is 0 Å². The molecule has 0 spiro atoms. The molecule has 0 fully saturated rings. The molecule has 0 heterocycles. The predicted molar refractivity (Wildman–Crippen MR) is 60.7 cm³/mol.